The number of pyridine rings is 1. The molecule has 7 nitrogen and oxygen atoms in total. The fraction of sp³-hybridized carbons (Fsp3) is 0.261. The summed E-state index contributed by atoms with van der Waals surface area (Å²) in [6.07, 6.45) is 7.12. The molecule has 1 aromatic carbocycles. The summed E-state index contributed by atoms with van der Waals surface area (Å²) in [7, 11) is 0. The topological polar surface area (TPSA) is 84.4 Å². The summed E-state index contributed by atoms with van der Waals surface area (Å²) < 4.78 is 30.1. The van der Waals surface area contributed by atoms with Crippen LogP contribution < -0.4 is 16.0 Å². The molecule has 9 heteroatoms. The minimum atomic E-state index is -0.670. The van der Waals surface area contributed by atoms with Crippen LogP contribution in [0.3, 0.4) is 0 Å². The Hall–Kier alpha value is -3.59. The molecule has 4 heterocycles. The molecule has 0 aliphatic carbocycles. The lowest BCUT2D eigenvalue weighted by molar-refractivity contribution is 0.421. The summed E-state index contributed by atoms with van der Waals surface area (Å²) in [5, 5.41) is 7.74. The number of piperidine rings is 1. The first kappa shape index (κ1) is 20.3. The minimum Gasteiger partial charge on any atom is -0.365 e. The van der Waals surface area contributed by atoms with Gasteiger partial charge in [-0.1, -0.05) is 6.07 Å². The normalized spacial score (nSPS) is 18.8. The first-order valence-electron chi connectivity index (χ1n) is 10.6. The molecule has 0 amide bonds. The molecule has 1 aliphatic heterocycles. The number of rotatable bonds is 4. The first-order chi connectivity index (χ1) is 15.5. The molecule has 3 aromatic heterocycles. The second-order valence-electron chi connectivity index (χ2n) is 7.99. The van der Waals surface area contributed by atoms with Crippen LogP contribution in [0.5, 0.6) is 0 Å². The van der Waals surface area contributed by atoms with Gasteiger partial charge < -0.3 is 16.0 Å². The van der Waals surface area contributed by atoms with E-state index in [9.17, 15) is 8.78 Å². The average molecular weight is 435 g/mol. The van der Waals surface area contributed by atoms with Gasteiger partial charge in [0.25, 0.3) is 0 Å². The van der Waals surface area contributed by atoms with Crippen molar-refractivity contribution in [2.24, 2.45) is 5.73 Å². The molecule has 164 valence electrons. The van der Waals surface area contributed by atoms with Crippen LogP contribution in [0.1, 0.15) is 19.8 Å². The van der Waals surface area contributed by atoms with Gasteiger partial charge in [-0.15, -0.1) is 0 Å². The SMILES string of the molecule is CC1C(N)CCCN1c1ccncc1Nc1ncc2ccc(-c3c(F)cccc3F)nn12. The Bertz CT molecular complexity index is 1250. The average Bonchev–Trinajstić information content (AvgIpc) is 3.18. The van der Waals surface area contributed by atoms with Gasteiger partial charge in [0.05, 0.1) is 40.5 Å². The van der Waals surface area contributed by atoms with Crippen LogP contribution in [0.15, 0.2) is 55.0 Å². The number of nitrogens with two attached hydrogens (primary N) is 1. The summed E-state index contributed by atoms with van der Waals surface area (Å²) >= 11 is 0. The lowest BCUT2D eigenvalue weighted by Crippen LogP contribution is -2.50. The van der Waals surface area contributed by atoms with Gasteiger partial charge in [-0.05, 0) is 50.1 Å². The second kappa shape index (κ2) is 8.16. The van der Waals surface area contributed by atoms with Crippen molar-refractivity contribution in [2.75, 3.05) is 16.8 Å². The van der Waals surface area contributed by atoms with E-state index in [0.29, 0.717) is 11.5 Å². The minimum absolute atomic E-state index is 0.0944. The molecule has 2 unspecified atom stereocenters. The fourth-order valence-corrected chi connectivity index (χ4v) is 4.21. The van der Waals surface area contributed by atoms with Crippen molar-refractivity contribution >= 4 is 22.8 Å². The van der Waals surface area contributed by atoms with Gasteiger partial charge in [0.2, 0.25) is 5.95 Å². The number of fused-ring (bicyclic) bond motifs is 1. The van der Waals surface area contributed by atoms with Crippen LogP contribution in [0.4, 0.5) is 26.1 Å². The monoisotopic (exact) mass is 435 g/mol. The number of hydrogen-bond acceptors (Lipinski definition) is 6. The first-order valence-corrected chi connectivity index (χ1v) is 10.6. The summed E-state index contributed by atoms with van der Waals surface area (Å²) in [5.41, 5.74) is 8.71. The van der Waals surface area contributed by atoms with Gasteiger partial charge in [-0.3, -0.25) is 4.98 Å². The van der Waals surface area contributed by atoms with E-state index in [2.05, 4.69) is 32.2 Å². The highest BCUT2D eigenvalue weighted by atomic mass is 19.1. The van der Waals surface area contributed by atoms with E-state index < -0.39 is 11.6 Å². The van der Waals surface area contributed by atoms with Crippen molar-refractivity contribution in [2.45, 2.75) is 31.8 Å². The molecule has 1 fully saturated rings. The Morgan fingerprint density at radius 3 is 2.72 bits per heavy atom. The van der Waals surface area contributed by atoms with Gasteiger partial charge in [-0.25, -0.2) is 13.8 Å². The van der Waals surface area contributed by atoms with Crippen LogP contribution >= 0.6 is 0 Å². The Morgan fingerprint density at radius 2 is 1.91 bits per heavy atom. The third kappa shape index (κ3) is 3.54. The quantitative estimate of drug-likeness (QED) is 0.502. The van der Waals surface area contributed by atoms with Crippen molar-refractivity contribution in [1.82, 2.24) is 19.6 Å². The fourth-order valence-electron chi connectivity index (χ4n) is 4.21. The maximum absolute atomic E-state index is 14.3. The van der Waals surface area contributed by atoms with E-state index in [4.69, 9.17) is 5.73 Å². The van der Waals surface area contributed by atoms with Crippen molar-refractivity contribution in [3.8, 4) is 11.3 Å². The predicted molar refractivity (Wildman–Crippen MR) is 120 cm³/mol. The maximum atomic E-state index is 14.3. The van der Waals surface area contributed by atoms with Crippen molar-refractivity contribution in [3.63, 3.8) is 0 Å². The standard InChI is InChI=1S/C23H23F2N7/c1-14-18(26)6-3-11-31(14)21-9-10-27-13-20(21)29-23-28-12-15-7-8-19(30-32(15)23)22-16(24)4-2-5-17(22)25/h2,4-5,7-10,12-14,18H,3,6,11,26H2,1H3,(H,28,29). The summed E-state index contributed by atoms with van der Waals surface area (Å²) in [5.74, 6) is -0.922. The zero-order chi connectivity index (χ0) is 22.2. The molecule has 5 rings (SSSR count). The van der Waals surface area contributed by atoms with Crippen LogP contribution in [0, 0.1) is 11.6 Å². The molecular formula is C23H23F2N7. The zero-order valence-electron chi connectivity index (χ0n) is 17.5. The highest BCUT2D eigenvalue weighted by molar-refractivity contribution is 5.74. The molecular weight excluding hydrogens is 412 g/mol. The molecule has 1 aliphatic rings. The summed E-state index contributed by atoms with van der Waals surface area (Å²) in [6.45, 7) is 3.01. The van der Waals surface area contributed by atoms with Crippen molar-refractivity contribution in [3.05, 3.63) is 66.6 Å². The molecule has 32 heavy (non-hydrogen) atoms. The van der Waals surface area contributed by atoms with Crippen molar-refractivity contribution < 1.29 is 8.78 Å². The number of imidazole rings is 1. The van der Waals surface area contributed by atoms with E-state index in [1.165, 1.54) is 22.7 Å². The van der Waals surface area contributed by atoms with Crippen molar-refractivity contribution in [1.29, 1.82) is 0 Å². The second-order valence-corrected chi connectivity index (χ2v) is 7.99. The third-order valence-corrected chi connectivity index (χ3v) is 6.00. The number of halogens is 2. The number of nitrogens with zero attached hydrogens (tertiary/aromatic N) is 5. The highest BCUT2D eigenvalue weighted by Crippen LogP contribution is 2.32. The van der Waals surface area contributed by atoms with Gasteiger partial charge in [0.1, 0.15) is 11.6 Å². The van der Waals surface area contributed by atoms with Crippen LogP contribution in [-0.4, -0.2) is 38.2 Å². The van der Waals surface area contributed by atoms with Gasteiger partial charge in [0.15, 0.2) is 0 Å². The van der Waals surface area contributed by atoms with Gasteiger partial charge >= 0.3 is 0 Å². The molecule has 0 radical (unpaired) electrons. The molecule has 0 spiro atoms. The summed E-state index contributed by atoms with van der Waals surface area (Å²) in [4.78, 5) is 10.9. The number of nitrogens with one attached hydrogen (secondary N) is 1. The third-order valence-electron chi connectivity index (χ3n) is 6.00. The van der Waals surface area contributed by atoms with Gasteiger partial charge in [-0.2, -0.15) is 9.61 Å². The van der Waals surface area contributed by atoms with Crippen LogP contribution in [-0.2, 0) is 0 Å². The van der Waals surface area contributed by atoms with E-state index in [1.807, 2.05) is 6.07 Å². The number of anilines is 3. The molecule has 1 saturated heterocycles. The Kier molecular flexibility index (Phi) is 5.18. The Balaban J connectivity index is 1.53. The lowest BCUT2D eigenvalue weighted by Gasteiger charge is -2.40. The molecule has 3 N–H and O–H groups in total. The Morgan fingerprint density at radius 1 is 1.09 bits per heavy atom. The van der Waals surface area contributed by atoms with E-state index in [0.717, 1.165) is 30.8 Å². The van der Waals surface area contributed by atoms with Crippen LogP contribution in [0.25, 0.3) is 16.8 Å². The predicted octanol–water partition coefficient (Wildman–Crippen LogP) is 4.13. The Labute approximate surface area is 183 Å². The zero-order valence-corrected chi connectivity index (χ0v) is 17.5. The summed E-state index contributed by atoms with van der Waals surface area (Å²) in [6, 6.07) is 9.27. The number of aromatic nitrogens is 4. The molecule has 2 atom stereocenters. The number of benzene rings is 1. The lowest BCUT2D eigenvalue weighted by atomic mass is 9.97. The maximum Gasteiger partial charge on any atom is 0.229 e. The van der Waals surface area contributed by atoms with Gasteiger partial charge in [0, 0.05) is 24.8 Å². The molecule has 0 saturated carbocycles. The smallest absolute Gasteiger partial charge is 0.229 e. The van der Waals surface area contributed by atoms with E-state index in [1.54, 1.807) is 30.7 Å². The molecule has 0 bridgehead atoms. The van der Waals surface area contributed by atoms with E-state index in [-0.39, 0.29) is 23.3 Å². The largest absolute Gasteiger partial charge is 0.365 e. The van der Waals surface area contributed by atoms with E-state index >= 15 is 0 Å². The highest BCUT2D eigenvalue weighted by Gasteiger charge is 2.27. The number of hydrogen-bond donors (Lipinski definition) is 2. The molecule has 4 aromatic rings. The van der Waals surface area contributed by atoms with Crippen LogP contribution in [0.2, 0.25) is 0 Å².